The van der Waals surface area contributed by atoms with Crippen molar-refractivity contribution in [3.8, 4) is 0 Å². The number of carbonyl (C=O) groups is 1. The smallest absolute Gasteiger partial charge is 0.306 e. The molecule has 0 spiro atoms. The van der Waals surface area contributed by atoms with Crippen LogP contribution in [0.5, 0.6) is 0 Å². The Hall–Kier alpha value is -1.45. The summed E-state index contributed by atoms with van der Waals surface area (Å²) in [4.78, 5) is 11.2. The number of hydrogen-bond acceptors (Lipinski definition) is 2. The minimum Gasteiger partial charge on any atom is -0.466 e. The summed E-state index contributed by atoms with van der Waals surface area (Å²) in [5, 5.41) is 0. The number of benzene rings is 1. The number of hydrogen-bond donors (Lipinski definition) is 0. The van der Waals surface area contributed by atoms with Crippen LogP contribution in [0.15, 0.2) is 30.3 Å². The Morgan fingerprint density at radius 1 is 1.28 bits per heavy atom. The molecule has 1 aromatic carbocycles. The van der Waals surface area contributed by atoms with Crippen molar-refractivity contribution < 1.29 is 18.3 Å². The van der Waals surface area contributed by atoms with Gasteiger partial charge in [-0.05, 0) is 25.3 Å². The average molecular weight is 256 g/mol. The van der Waals surface area contributed by atoms with Crippen LogP contribution in [0.3, 0.4) is 0 Å². The van der Waals surface area contributed by atoms with Crippen molar-refractivity contribution >= 4 is 5.97 Å². The van der Waals surface area contributed by atoms with Gasteiger partial charge in [0.05, 0.1) is 13.0 Å². The van der Waals surface area contributed by atoms with Crippen molar-refractivity contribution in [2.75, 3.05) is 6.61 Å². The second-order valence-corrected chi connectivity index (χ2v) is 4.13. The lowest BCUT2D eigenvalue weighted by Crippen LogP contribution is -2.18. The first-order valence-corrected chi connectivity index (χ1v) is 6.11. The molecule has 0 saturated carbocycles. The molecule has 0 aliphatic carbocycles. The van der Waals surface area contributed by atoms with Gasteiger partial charge in [-0.1, -0.05) is 30.3 Å². The van der Waals surface area contributed by atoms with E-state index in [1.54, 1.807) is 6.92 Å². The number of alkyl halides is 2. The van der Waals surface area contributed by atoms with Crippen LogP contribution in [0.4, 0.5) is 8.78 Å². The minimum absolute atomic E-state index is 0.210. The van der Waals surface area contributed by atoms with Crippen LogP contribution in [0.1, 0.15) is 25.3 Å². The summed E-state index contributed by atoms with van der Waals surface area (Å²) in [5.74, 6) is -1.47. The van der Waals surface area contributed by atoms with Crippen LogP contribution in [-0.4, -0.2) is 19.0 Å². The van der Waals surface area contributed by atoms with Crippen molar-refractivity contribution in [3.63, 3.8) is 0 Å². The minimum atomic E-state index is -2.49. The second-order valence-electron chi connectivity index (χ2n) is 4.13. The fourth-order valence-electron chi connectivity index (χ4n) is 1.75. The maximum Gasteiger partial charge on any atom is 0.306 e. The quantitative estimate of drug-likeness (QED) is 0.698. The topological polar surface area (TPSA) is 26.3 Å². The van der Waals surface area contributed by atoms with Crippen LogP contribution in [0, 0.1) is 5.92 Å². The molecule has 0 aromatic heterocycles. The summed E-state index contributed by atoms with van der Waals surface area (Å²) >= 11 is 0. The summed E-state index contributed by atoms with van der Waals surface area (Å²) in [6, 6.07) is 9.42. The third kappa shape index (κ3) is 5.25. The lowest BCUT2D eigenvalue weighted by Gasteiger charge is -2.15. The molecule has 0 aliphatic rings. The van der Waals surface area contributed by atoms with E-state index in [4.69, 9.17) is 4.74 Å². The zero-order valence-corrected chi connectivity index (χ0v) is 10.4. The number of aryl methyl sites for hydroxylation is 1. The fraction of sp³-hybridized carbons (Fsp3) is 0.500. The van der Waals surface area contributed by atoms with Gasteiger partial charge < -0.3 is 4.74 Å². The van der Waals surface area contributed by atoms with E-state index in [1.807, 2.05) is 30.3 Å². The molecule has 100 valence electrons. The number of ether oxygens (including phenoxy) is 1. The van der Waals surface area contributed by atoms with Gasteiger partial charge in [-0.25, -0.2) is 8.78 Å². The largest absolute Gasteiger partial charge is 0.466 e. The molecule has 0 fully saturated rings. The SMILES string of the molecule is CCOC(=O)C[C@@H](CCc1ccccc1)C(F)F. The molecule has 0 unspecified atom stereocenters. The number of esters is 1. The van der Waals surface area contributed by atoms with Crippen molar-refractivity contribution in [2.24, 2.45) is 5.92 Å². The van der Waals surface area contributed by atoms with Crippen LogP contribution in [0.25, 0.3) is 0 Å². The van der Waals surface area contributed by atoms with E-state index in [0.717, 1.165) is 5.56 Å². The van der Waals surface area contributed by atoms with Gasteiger partial charge in [0.15, 0.2) is 0 Å². The van der Waals surface area contributed by atoms with Gasteiger partial charge in [-0.15, -0.1) is 0 Å². The first-order valence-electron chi connectivity index (χ1n) is 6.11. The fourth-order valence-corrected chi connectivity index (χ4v) is 1.75. The molecule has 1 rings (SSSR count). The Labute approximate surface area is 106 Å². The number of rotatable bonds is 7. The van der Waals surface area contributed by atoms with E-state index in [1.165, 1.54) is 0 Å². The Balaban J connectivity index is 2.46. The van der Waals surface area contributed by atoms with Gasteiger partial charge in [0, 0.05) is 5.92 Å². The van der Waals surface area contributed by atoms with E-state index in [9.17, 15) is 13.6 Å². The molecule has 0 bridgehead atoms. The Morgan fingerprint density at radius 3 is 2.50 bits per heavy atom. The molecular formula is C14H18F2O2. The molecule has 2 nitrogen and oxygen atoms in total. The molecule has 0 saturated heterocycles. The third-order valence-electron chi connectivity index (χ3n) is 2.74. The zero-order chi connectivity index (χ0) is 13.4. The van der Waals surface area contributed by atoms with E-state index in [2.05, 4.69) is 0 Å². The summed E-state index contributed by atoms with van der Waals surface area (Å²) in [6.07, 6.45) is -1.85. The highest BCUT2D eigenvalue weighted by atomic mass is 19.3. The molecule has 0 heterocycles. The molecule has 0 aliphatic heterocycles. The van der Waals surface area contributed by atoms with E-state index >= 15 is 0 Å². The summed E-state index contributed by atoms with van der Waals surface area (Å²) in [6.45, 7) is 1.90. The van der Waals surface area contributed by atoms with E-state index in [-0.39, 0.29) is 13.0 Å². The standard InChI is InChI=1S/C14H18F2O2/c1-2-18-13(17)10-12(14(15)16)9-8-11-6-4-3-5-7-11/h3-7,12,14H,2,8-10H2,1H3/t12-/m1/s1. The highest BCUT2D eigenvalue weighted by Crippen LogP contribution is 2.21. The van der Waals surface area contributed by atoms with Gasteiger partial charge in [0.25, 0.3) is 0 Å². The van der Waals surface area contributed by atoms with E-state index < -0.39 is 18.3 Å². The van der Waals surface area contributed by atoms with Crippen molar-refractivity contribution in [3.05, 3.63) is 35.9 Å². The second kappa shape index (κ2) is 7.80. The molecular weight excluding hydrogens is 238 g/mol. The van der Waals surface area contributed by atoms with Gasteiger partial charge in [0.2, 0.25) is 6.43 Å². The highest BCUT2D eigenvalue weighted by Gasteiger charge is 2.23. The monoisotopic (exact) mass is 256 g/mol. The van der Waals surface area contributed by atoms with Crippen LogP contribution in [0.2, 0.25) is 0 Å². The molecule has 1 aromatic rings. The molecule has 18 heavy (non-hydrogen) atoms. The Kier molecular flexibility index (Phi) is 6.33. The predicted octanol–water partition coefficient (Wildman–Crippen LogP) is 3.45. The van der Waals surface area contributed by atoms with Crippen LogP contribution < -0.4 is 0 Å². The maximum absolute atomic E-state index is 12.8. The third-order valence-corrected chi connectivity index (χ3v) is 2.74. The maximum atomic E-state index is 12.8. The Bertz CT molecular complexity index is 352. The van der Waals surface area contributed by atoms with Crippen molar-refractivity contribution in [1.82, 2.24) is 0 Å². The predicted molar refractivity (Wildman–Crippen MR) is 65.5 cm³/mol. The van der Waals surface area contributed by atoms with Crippen LogP contribution >= 0.6 is 0 Å². The lowest BCUT2D eigenvalue weighted by molar-refractivity contribution is -0.145. The van der Waals surface area contributed by atoms with Crippen LogP contribution in [-0.2, 0) is 16.0 Å². The molecule has 0 amide bonds. The molecule has 0 radical (unpaired) electrons. The molecule has 0 N–H and O–H groups in total. The first kappa shape index (κ1) is 14.6. The molecule has 4 heteroatoms. The van der Waals surface area contributed by atoms with Gasteiger partial charge in [-0.2, -0.15) is 0 Å². The summed E-state index contributed by atoms with van der Waals surface area (Å²) in [5.41, 5.74) is 1.01. The van der Waals surface area contributed by atoms with Gasteiger partial charge in [0.1, 0.15) is 0 Å². The highest BCUT2D eigenvalue weighted by molar-refractivity contribution is 5.69. The van der Waals surface area contributed by atoms with Gasteiger partial charge in [-0.3, -0.25) is 4.79 Å². The normalized spacial score (nSPS) is 12.4. The Morgan fingerprint density at radius 2 is 1.94 bits per heavy atom. The van der Waals surface area contributed by atoms with Crippen molar-refractivity contribution in [1.29, 1.82) is 0 Å². The number of carbonyl (C=O) groups excluding carboxylic acids is 1. The summed E-state index contributed by atoms with van der Waals surface area (Å²) < 4.78 is 30.3. The van der Waals surface area contributed by atoms with E-state index in [0.29, 0.717) is 12.8 Å². The zero-order valence-electron chi connectivity index (χ0n) is 10.4. The summed E-state index contributed by atoms with van der Waals surface area (Å²) in [7, 11) is 0. The number of halogens is 2. The van der Waals surface area contributed by atoms with Gasteiger partial charge >= 0.3 is 5.97 Å². The lowest BCUT2D eigenvalue weighted by atomic mass is 9.97. The van der Waals surface area contributed by atoms with Crippen molar-refractivity contribution in [2.45, 2.75) is 32.6 Å². The molecule has 1 atom stereocenters. The average Bonchev–Trinajstić information content (AvgIpc) is 2.35. The first-order chi connectivity index (χ1) is 8.63.